The van der Waals surface area contributed by atoms with Gasteiger partial charge in [-0.3, -0.25) is 9.78 Å². The number of carbonyl (C=O) groups excluding carboxylic acids is 1. The molecule has 2 aliphatic rings. The summed E-state index contributed by atoms with van der Waals surface area (Å²) >= 11 is 0. The van der Waals surface area contributed by atoms with Crippen LogP contribution in [0, 0.1) is 6.92 Å². The van der Waals surface area contributed by atoms with E-state index in [0.717, 1.165) is 42.8 Å². The molecule has 1 amide bonds. The van der Waals surface area contributed by atoms with Crippen molar-refractivity contribution in [3.63, 3.8) is 0 Å². The Morgan fingerprint density at radius 3 is 2.39 bits per heavy atom. The van der Waals surface area contributed by atoms with Gasteiger partial charge in [0.05, 0.1) is 0 Å². The van der Waals surface area contributed by atoms with Gasteiger partial charge in [0.15, 0.2) is 0 Å². The standard InChI is InChI=1S/C28H34N4O/c1-22-7-3-4-8-24(22)20-32-21-25(23-9-13-29-14-10-23)19-27(32)28(33)31-17-11-26(12-18-31)30-15-5-2-6-16-30/h3-4,7-10,13-14,19,21,26H,2,5-6,11-12,15-18,20H2,1H3. The quantitative estimate of drug-likeness (QED) is 0.559. The number of benzene rings is 1. The lowest BCUT2D eigenvalue weighted by Crippen LogP contribution is -2.48. The third kappa shape index (κ3) is 4.88. The van der Waals surface area contributed by atoms with Crippen molar-refractivity contribution in [2.45, 2.75) is 51.6 Å². The molecule has 0 N–H and O–H groups in total. The van der Waals surface area contributed by atoms with Crippen LogP contribution in [0.1, 0.15) is 53.7 Å². The Balaban J connectivity index is 1.37. The topological polar surface area (TPSA) is 41.4 Å². The highest BCUT2D eigenvalue weighted by atomic mass is 16.2. The molecule has 2 aliphatic heterocycles. The molecule has 0 aliphatic carbocycles. The molecule has 3 aromatic rings. The summed E-state index contributed by atoms with van der Waals surface area (Å²) in [6.07, 6.45) is 11.9. The van der Waals surface area contributed by atoms with Gasteiger partial charge in [-0.05, 0) is 80.6 Å². The number of aryl methyl sites for hydroxylation is 1. The van der Waals surface area contributed by atoms with Crippen LogP contribution >= 0.6 is 0 Å². The first-order valence-corrected chi connectivity index (χ1v) is 12.4. The van der Waals surface area contributed by atoms with Gasteiger partial charge in [-0.1, -0.05) is 30.7 Å². The van der Waals surface area contributed by atoms with E-state index in [2.05, 4.69) is 62.8 Å². The number of amides is 1. The smallest absolute Gasteiger partial charge is 0.270 e. The van der Waals surface area contributed by atoms with Crippen molar-refractivity contribution in [1.82, 2.24) is 19.4 Å². The first kappa shape index (κ1) is 21.9. The maximum Gasteiger partial charge on any atom is 0.270 e. The maximum absolute atomic E-state index is 13.7. The number of pyridine rings is 1. The molecule has 33 heavy (non-hydrogen) atoms. The molecule has 0 bridgehead atoms. The minimum atomic E-state index is 0.154. The molecule has 2 saturated heterocycles. The fourth-order valence-corrected chi connectivity index (χ4v) is 5.37. The fraction of sp³-hybridized carbons (Fsp3) is 0.429. The van der Waals surface area contributed by atoms with Crippen molar-refractivity contribution >= 4 is 5.91 Å². The summed E-state index contributed by atoms with van der Waals surface area (Å²) in [5.74, 6) is 0.154. The van der Waals surface area contributed by atoms with E-state index in [4.69, 9.17) is 0 Å². The Bertz CT molecular complexity index is 1080. The van der Waals surface area contributed by atoms with Gasteiger partial charge in [-0.15, -0.1) is 0 Å². The van der Waals surface area contributed by atoms with Crippen LogP contribution in [0.3, 0.4) is 0 Å². The number of hydrogen-bond acceptors (Lipinski definition) is 3. The van der Waals surface area contributed by atoms with E-state index in [0.29, 0.717) is 12.6 Å². The zero-order valence-electron chi connectivity index (χ0n) is 19.6. The Morgan fingerprint density at radius 2 is 1.67 bits per heavy atom. The maximum atomic E-state index is 13.7. The summed E-state index contributed by atoms with van der Waals surface area (Å²) in [5.41, 5.74) is 5.43. The highest BCUT2D eigenvalue weighted by Gasteiger charge is 2.29. The molecule has 1 aromatic carbocycles. The monoisotopic (exact) mass is 442 g/mol. The second-order valence-electron chi connectivity index (χ2n) is 9.52. The van der Waals surface area contributed by atoms with Crippen LogP contribution in [-0.4, -0.2) is 57.5 Å². The van der Waals surface area contributed by atoms with E-state index in [1.54, 1.807) is 12.4 Å². The average Bonchev–Trinajstić information content (AvgIpc) is 3.30. The molecule has 0 unspecified atom stereocenters. The van der Waals surface area contributed by atoms with Crippen molar-refractivity contribution < 1.29 is 4.79 Å². The minimum absolute atomic E-state index is 0.154. The lowest BCUT2D eigenvalue weighted by atomic mass is 9.99. The zero-order valence-corrected chi connectivity index (χ0v) is 19.6. The van der Waals surface area contributed by atoms with Gasteiger partial charge >= 0.3 is 0 Å². The van der Waals surface area contributed by atoms with Gasteiger partial charge in [-0.25, -0.2) is 0 Å². The number of likely N-dealkylation sites (tertiary alicyclic amines) is 2. The van der Waals surface area contributed by atoms with Crippen molar-refractivity contribution in [3.05, 3.63) is 77.9 Å². The molecule has 172 valence electrons. The Hall–Kier alpha value is -2.92. The lowest BCUT2D eigenvalue weighted by molar-refractivity contribution is 0.0581. The normalized spacial score (nSPS) is 17.9. The molecule has 0 atom stereocenters. The van der Waals surface area contributed by atoms with E-state index in [-0.39, 0.29) is 5.91 Å². The predicted octanol–water partition coefficient (Wildman–Crippen LogP) is 5.00. The van der Waals surface area contributed by atoms with Crippen LogP contribution in [0.2, 0.25) is 0 Å². The van der Waals surface area contributed by atoms with E-state index in [9.17, 15) is 4.79 Å². The second kappa shape index (κ2) is 9.92. The van der Waals surface area contributed by atoms with Crippen molar-refractivity contribution in [2.24, 2.45) is 0 Å². The summed E-state index contributed by atoms with van der Waals surface area (Å²) in [4.78, 5) is 22.6. The third-order valence-electron chi connectivity index (χ3n) is 7.39. The fourth-order valence-electron chi connectivity index (χ4n) is 5.37. The summed E-state index contributed by atoms with van der Waals surface area (Å²) in [6, 6.07) is 15.1. The van der Waals surface area contributed by atoms with Gasteiger partial charge in [0.1, 0.15) is 5.69 Å². The molecule has 2 fully saturated rings. The van der Waals surface area contributed by atoms with Crippen molar-refractivity contribution in [2.75, 3.05) is 26.2 Å². The average molecular weight is 443 g/mol. The molecule has 2 aromatic heterocycles. The largest absolute Gasteiger partial charge is 0.338 e. The second-order valence-corrected chi connectivity index (χ2v) is 9.52. The molecular formula is C28H34N4O. The number of rotatable bonds is 5. The minimum Gasteiger partial charge on any atom is -0.338 e. The van der Waals surface area contributed by atoms with Crippen LogP contribution in [0.4, 0.5) is 0 Å². The van der Waals surface area contributed by atoms with Crippen LogP contribution in [0.5, 0.6) is 0 Å². The Kier molecular flexibility index (Phi) is 6.58. The zero-order chi connectivity index (χ0) is 22.6. The molecule has 4 heterocycles. The molecule has 5 nitrogen and oxygen atoms in total. The molecular weight excluding hydrogens is 408 g/mol. The number of aromatic nitrogens is 2. The third-order valence-corrected chi connectivity index (χ3v) is 7.39. The SMILES string of the molecule is Cc1ccccc1Cn1cc(-c2ccncc2)cc1C(=O)N1CCC(N2CCCCC2)CC1. The summed E-state index contributed by atoms with van der Waals surface area (Å²) in [5, 5.41) is 0. The highest BCUT2D eigenvalue weighted by molar-refractivity contribution is 5.94. The van der Waals surface area contributed by atoms with Crippen LogP contribution in [0.15, 0.2) is 61.1 Å². The number of nitrogens with zero attached hydrogens (tertiary/aromatic N) is 4. The highest BCUT2D eigenvalue weighted by Crippen LogP contribution is 2.26. The van der Waals surface area contributed by atoms with E-state index < -0.39 is 0 Å². The van der Waals surface area contributed by atoms with E-state index >= 15 is 0 Å². The number of hydrogen-bond donors (Lipinski definition) is 0. The van der Waals surface area contributed by atoms with Crippen LogP contribution < -0.4 is 0 Å². The number of carbonyl (C=O) groups is 1. The van der Waals surface area contributed by atoms with E-state index in [1.807, 2.05) is 12.1 Å². The summed E-state index contributed by atoms with van der Waals surface area (Å²) in [6.45, 7) is 6.99. The summed E-state index contributed by atoms with van der Waals surface area (Å²) in [7, 11) is 0. The molecule has 0 saturated carbocycles. The first-order chi connectivity index (χ1) is 16.2. The van der Waals surface area contributed by atoms with Gasteiger partial charge in [0.2, 0.25) is 0 Å². The lowest BCUT2D eigenvalue weighted by Gasteiger charge is -2.40. The van der Waals surface area contributed by atoms with Crippen LogP contribution in [-0.2, 0) is 6.54 Å². The summed E-state index contributed by atoms with van der Waals surface area (Å²) < 4.78 is 2.14. The Morgan fingerprint density at radius 1 is 0.939 bits per heavy atom. The van der Waals surface area contributed by atoms with Crippen LogP contribution in [0.25, 0.3) is 11.1 Å². The van der Waals surface area contributed by atoms with Crippen molar-refractivity contribution in [1.29, 1.82) is 0 Å². The molecule has 0 radical (unpaired) electrons. The predicted molar refractivity (Wildman–Crippen MR) is 132 cm³/mol. The van der Waals surface area contributed by atoms with Gasteiger partial charge in [0.25, 0.3) is 5.91 Å². The van der Waals surface area contributed by atoms with Gasteiger partial charge in [-0.2, -0.15) is 0 Å². The van der Waals surface area contributed by atoms with Crippen molar-refractivity contribution in [3.8, 4) is 11.1 Å². The molecule has 5 heteroatoms. The number of piperidine rings is 2. The molecule has 5 rings (SSSR count). The van der Waals surface area contributed by atoms with Gasteiger partial charge < -0.3 is 14.4 Å². The molecule has 0 spiro atoms. The van der Waals surface area contributed by atoms with Gasteiger partial charge in [0, 0.05) is 49.8 Å². The Labute approximate surface area is 197 Å². The van der Waals surface area contributed by atoms with E-state index in [1.165, 1.54) is 43.5 Å². The first-order valence-electron chi connectivity index (χ1n) is 12.4.